The van der Waals surface area contributed by atoms with Gasteiger partial charge in [-0.3, -0.25) is 5.32 Å². The molecule has 3 aromatic rings. The Morgan fingerprint density at radius 3 is 2.72 bits per heavy atom. The van der Waals surface area contributed by atoms with Crippen LogP contribution in [0.4, 0.5) is 15.6 Å². The van der Waals surface area contributed by atoms with Gasteiger partial charge in [0.25, 0.3) is 0 Å². The van der Waals surface area contributed by atoms with Gasteiger partial charge in [0, 0.05) is 10.7 Å². The summed E-state index contributed by atoms with van der Waals surface area (Å²) in [5.74, 6) is 0.769. The van der Waals surface area contributed by atoms with Crippen LogP contribution in [0.5, 0.6) is 5.75 Å². The first kappa shape index (κ1) is 17.2. The normalized spacial score (nSPS) is 10.3. The Morgan fingerprint density at radius 1 is 1.16 bits per heavy atom. The fourth-order valence-electron chi connectivity index (χ4n) is 2.01. The van der Waals surface area contributed by atoms with Crippen molar-refractivity contribution >= 4 is 39.8 Å². The van der Waals surface area contributed by atoms with E-state index < -0.39 is 6.03 Å². The summed E-state index contributed by atoms with van der Waals surface area (Å²) in [6.45, 7) is 2.29. The Balaban J connectivity index is 1.52. The molecule has 0 bridgehead atoms. The molecule has 0 aliphatic carbocycles. The number of ether oxygens (including phenoxy) is 1. The summed E-state index contributed by atoms with van der Waals surface area (Å²) in [6, 6.07) is 14.2. The predicted octanol–water partition coefficient (Wildman–Crippen LogP) is 4.72. The van der Waals surface area contributed by atoms with Gasteiger partial charge in [0.15, 0.2) is 5.01 Å². The zero-order chi connectivity index (χ0) is 17.6. The summed E-state index contributed by atoms with van der Waals surface area (Å²) in [4.78, 5) is 11.9. The lowest BCUT2D eigenvalue weighted by Crippen LogP contribution is -2.19. The van der Waals surface area contributed by atoms with E-state index in [-0.39, 0.29) is 0 Å². The van der Waals surface area contributed by atoms with Gasteiger partial charge in [-0.05, 0) is 48.9 Å². The summed E-state index contributed by atoms with van der Waals surface area (Å²) >= 11 is 7.06. The lowest BCUT2D eigenvalue weighted by atomic mass is 10.2. The van der Waals surface area contributed by atoms with Crippen molar-refractivity contribution in [2.45, 2.75) is 13.5 Å². The zero-order valence-electron chi connectivity index (χ0n) is 13.3. The molecule has 0 fully saturated rings. The van der Waals surface area contributed by atoms with Crippen LogP contribution in [0, 0.1) is 6.92 Å². The molecule has 0 saturated carbocycles. The molecule has 0 atom stereocenters. The first-order valence-corrected chi connectivity index (χ1v) is 8.63. The number of urea groups is 1. The highest BCUT2D eigenvalue weighted by atomic mass is 35.5. The van der Waals surface area contributed by atoms with Crippen LogP contribution < -0.4 is 15.4 Å². The van der Waals surface area contributed by atoms with E-state index >= 15 is 0 Å². The smallest absolute Gasteiger partial charge is 0.325 e. The molecule has 0 aliphatic heterocycles. The van der Waals surface area contributed by atoms with Crippen LogP contribution in [0.2, 0.25) is 5.02 Å². The second-order valence-corrected chi connectivity index (χ2v) is 6.69. The standard InChI is InChI=1S/C17H15ClN4O2S/c1-11-3-2-4-14(9-11)24-10-15-21-22-17(25-15)20-16(23)19-13-7-5-12(18)6-8-13/h2-9H,10H2,1H3,(H2,19,20,22,23). The van der Waals surface area contributed by atoms with Gasteiger partial charge in [0.2, 0.25) is 5.13 Å². The van der Waals surface area contributed by atoms with Crippen molar-refractivity contribution in [3.05, 3.63) is 64.1 Å². The van der Waals surface area contributed by atoms with Crippen LogP contribution in [-0.2, 0) is 6.61 Å². The molecule has 1 aromatic heterocycles. The van der Waals surface area contributed by atoms with Crippen molar-refractivity contribution in [1.82, 2.24) is 10.2 Å². The highest BCUT2D eigenvalue weighted by Crippen LogP contribution is 2.19. The third-order valence-corrected chi connectivity index (χ3v) is 4.21. The Kier molecular flexibility index (Phi) is 5.47. The van der Waals surface area contributed by atoms with E-state index in [1.165, 1.54) is 11.3 Å². The molecule has 25 heavy (non-hydrogen) atoms. The van der Waals surface area contributed by atoms with Crippen molar-refractivity contribution < 1.29 is 9.53 Å². The molecule has 2 N–H and O–H groups in total. The minimum absolute atomic E-state index is 0.293. The van der Waals surface area contributed by atoms with E-state index in [4.69, 9.17) is 16.3 Å². The van der Waals surface area contributed by atoms with Gasteiger partial charge in [-0.1, -0.05) is 35.1 Å². The number of aryl methyl sites for hydroxylation is 1. The monoisotopic (exact) mass is 374 g/mol. The van der Waals surface area contributed by atoms with E-state index in [1.807, 2.05) is 31.2 Å². The predicted molar refractivity (Wildman–Crippen MR) is 99.5 cm³/mol. The number of hydrogen-bond acceptors (Lipinski definition) is 5. The van der Waals surface area contributed by atoms with E-state index in [0.29, 0.717) is 27.5 Å². The number of anilines is 2. The van der Waals surface area contributed by atoms with Crippen molar-refractivity contribution in [2.24, 2.45) is 0 Å². The number of hydrogen-bond donors (Lipinski definition) is 2. The topological polar surface area (TPSA) is 76.1 Å². The molecule has 0 unspecified atom stereocenters. The minimum atomic E-state index is -0.398. The highest BCUT2D eigenvalue weighted by molar-refractivity contribution is 7.15. The number of amides is 2. The van der Waals surface area contributed by atoms with Crippen molar-refractivity contribution in [1.29, 1.82) is 0 Å². The molecule has 2 amide bonds. The second kappa shape index (κ2) is 7.96. The fourth-order valence-corrected chi connectivity index (χ4v) is 2.78. The Bertz CT molecular complexity index is 867. The SMILES string of the molecule is Cc1cccc(OCc2nnc(NC(=O)Nc3ccc(Cl)cc3)s2)c1. The maximum Gasteiger partial charge on any atom is 0.325 e. The largest absolute Gasteiger partial charge is 0.486 e. The molecule has 0 spiro atoms. The third kappa shape index (κ3) is 5.17. The molecule has 128 valence electrons. The van der Waals surface area contributed by atoms with Crippen LogP contribution >= 0.6 is 22.9 Å². The molecule has 0 saturated heterocycles. The number of nitrogens with zero attached hydrogens (tertiary/aromatic N) is 2. The molecular formula is C17H15ClN4O2S. The summed E-state index contributed by atoms with van der Waals surface area (Å²) in [7, 11) is 0. The average molecular weight is 375 g/mol. The van der Waals surface area contributed by atoms with Gasteiger partial charge in [-0.15, -0.1) is 10.2 Å². The van der Waals surface area contributed by atoms with Gasteiger partial charge in [0.1, 0.15) is 12.4 Å². The molecular weight excluding hydrogens is 360 g/mol. The lowest BCUT2D eigenvalue weighted by Gasteiger charge is -2.05. The van der Waals surface area contributed by atoms with Crippen LogP contribution in [0.3, 0.4) is 0 Å². The molecule has 0 aliphatic rings. The van der Waals surface area contributed by atoms with Crippen LogP contribution in [0.25, 0.3) is 0 Å². The van der Waals surface area contributed by atoms with E-state index in [0.717, 1.165) is 11.3 Å². The average Bonchev–Trinajstić information content (AvgIpc) is 3.02. The van der Waals surface area contributed by atoms with E-state index in [2.05, 4.69) is 20.8 Å². The van der Waals surface area contributed by atoms with Crippen LogP contribution in [0.15, 0.2) is 48.5 Å². The quantitative estimate of drug-likeness (QED) is 0.677. The van der Waals surface area contributed by atoms with E-state index in [1.54, 1.807) is 24.3 Å². The highest BCUT2D eigenvalue weighted by Gasteiger charge is 2.09. The fraction of sp³-hybridized carbons (Fsp3) is 0.118. The number of rotatable bonds is 5. The number of nitrogens with one attached hydrogen (secondary N) is 2. The molecule has 3 rings (SSSR count). The van der Waals surface area contributed by atoms with Gasteiger partial charge in [-0.25, -0.2) is 4.79 Å². The van der Waals surface area contributed by atoms with Crippen molar-refractivity contribution in [2.75, 3.05) is 10.6 Å². The summed E-state index contributed by atoms with van der Waals surface area (Å²) in [6.07, 6.45) is 0. The van der Waals surface area contributed by atoms with Gasteiger partial charge < -0.3 is 10.1 Å². The third-order valence-electron chi connectivity index (χ3n) is 3.14. The Hall–Kier alpha value is -2.64. The Morgan fingerprint density at radius 2 is 1.96 bits per heavy atom. The number of carbonyl (C=O) groups is 1. The molecule has 8 heteroatoms. The van der Waals surface area contributed by atoms with Crippen molar-refractivity contribution in [3.63, 3.8) is 0 Å². The van der Waals surface area contributed by atoms with Gasteiger partial charge >= 0.3 is 6.03 Å². The number of halogens is 1. The van der Waals surface area contributed by atoms with Crippen LogP contribution in [-0.4, -0.2) is 16.2 Å². The summed E-state index contributed by atoms with van der Waals surface area (Å²) < 4.78 is 5.67. The second-order valence-electron chi connectivity index (χ2n) is 5.19. The van der Waals surface area contributed by atoms with Gasteiger partial charge in [-0.2, -0.15) is 0 Å². The lowest BCUT2D eigenvalue weighted by molar-refractivity contribution is 0.262. The van der Waals surface area contributed by atoms with Gasteiger partial charge in [0.05, 0.1) is 0 Å². The van der Waals surface area contributed by atoms with Crippen LogP contribution in [0.1, 0.15) is 10.6 Å². The first-order chi connectivity index (χ1) is 12.1. The van der Waals surface area contributed by atoms with Crippen molar-refractivity contribution in [3.8, 4) is 5.75 Å². The van der Waals surface area contributed by atoms with E-state index in [9.17, 15) is 4.79 Å². The number of carbonyl (C=O) groups excluding carboxylic acids is 1. The summed E-state index contributed by atoms with van der Waals surface area (Å²) in [5.41, 5.74) is 1.76. The zero-order valence-corrected chi connectivity index (χ0v) is 14.9. The summed E-state index contributed by atoms with van der Waals surface area (Å²) in [5, 5.41) is 14.9. The number of benzene rings is 2. The molecule has 1 heterocycles. The maximum atomic E-state index is 11.9. The molecule has 6 nitrogen and oxygen atoms in total. The first-order valence-electron chi connectivity index (χ1n) is 7.44. The molecule has 0 radical (unpaired) electrons. The number of aromatic nitrogens is 2. The molecule has 2 aromatic carbocycles. The Labute approximate surface area is 153 Å². The minimum Gasteiger partial charge on any atom is -0.486 e. The maximum absolute atomic E-state index is 11.9.